The number of rotatable bonds is 2. The number of amides is 1. The Bertz CT molecular complexity index is 181. The van der Waals surface area contributed by atoms with Gasteiger partial charge < -0.3 is 5.73 Å². The molecule has 0 bridgehead atoms. The zero-order valence-corrected chi connectivity index (χ0v) is 8.68. The van der Waals surface area contributed by atoms with Crippen molar-refractivity contribution < 1.29 is 4.79 Å². The van der Waals surface area contributed by atoms with Crippen LogP contribution in [0.15, 0.2) is 0 Å². The smallest absolute Gasteiger partial charge is 0.237 e. The van der Waals surface area contributed by atoms with Crippen LogP contribution in [-0.2, 0) is 4.79 Å². The summed E-state index contributed by atoms with van der Waals surface area (Å²) in [7, 11) is 0. The maximum atomic E-state index is 11.2. The minimum atomic E-state index is -0.468. The van der Waals surface area contributed by atoms with E-state index in [1.54, 1.807) is 0 Å². The van der Waals surface area contributed by atoms with Gasteiger partial charge in [-0.15, -0.1) is 0 Å². The van der Waals surface area contributed by atoms with Crippen LogP contribution in [0.25, 0.3) is 0 Å². The molecule has 0 atom stereocenters. The number of nitrogens with two attached hydrogens (primary N) is 1. The Hall–Kier alpha value is -0.570. The van der Waals surface area contributed by atoms with E-state index in [2.05, 4.69) is 4.90 Å². The molecular weight excluding hydrogens is 164 g/mol. The molecule has 1 aliphatic rings. The van der Waals surface area contributed by atoms with Crippen LogP contribution in [0, 0.1) is 0 Å². The number of nitrogens with zero attached hydrogens (tertiary/aromatic N) is 1. The molecule has 0 radical (unpaired) electrons. The summed E-state index contributed by atoms with van der Waals surface area (Å²) in [5.74, 6) is -0.214. The molecule has 0 saturated carbocycles. The van der Waals surface area contributed by atoms with Crippen molar-refractivity contribution in [2.75, 3.05) is 13.1 Å². The molecule has 0 aromatic heterocycles. The number of carbonyl (C=O) groups is 1. The molecule has 1 amide bonds. The van der Waals surface area contributed by atoms with Crippen LogP contribution in [0.3, 0.4) is 0 Å². The second kappa shape index (κ2) is 4.09. The van der Waals surface area contributed by atoms with Crippen LogP contribution >= 0.6 is 0 Å². The molecular formula is C10H20N2O. The van der Waals surface area contributed by atoms with Crippen molar-refractivity contribution in [1.82, 2.24) is 4.90 Å². The minimum absolute atomic E-state index is 0.214. The fourth-order valence-corrected chi connectivity index (χ4v) is 1.79. The lowest BCUT2D eigenvalue weighted by molar-refractivity contribution is -0.128. The van der Waals surface area contributed by atoms with E-state index in [-0.39, 0.29) is 5.91 Å². The van der Waals surface area contributed by atoms with Crippen molar-refractivity contribution in [1.29, 1.82) is 0 Å². The molecule has 13 heavy (non-hydrogen) atoms. The molecule has 0 unspecified atom stereocenters. The Labute approximate surface area is 80.3 Å². The highest BCUT2D eigenvalue weighted by atomic mass is 16.1. The van der Waals surface area contributed by atoms with Gasteiger partial charge in [-0.25, -0.2) is 0 Å². The Morgan fingerprint density at radius 2 is 1.62 bits per heavy atom. The van der Waals surface area contributed by atoms with Crippen molar-refractivity contribution in [2.24, 2.45) is 5.73 Å². The number of primary amides is 1. The monoisotopic (exact) mass is 184 g/mol. The first-order valence-corrected chi connectivity index (χ1v) is 5.10. The summed E-state index contributed by atoms with van der Waals surface area (Å²) in [5.41, 5.74) is 4.90. The van der Waals surface area contributed by atoms with Gasteiger partial charge in [-0.1, -0.05) is 12.8 Å². The second-order valence-corrected chi connectivity index (χ2v) is 4.32. The van der Waals surface area contributed by atoms with Crippen molar-refractivity contribution in [3.8, 4) is 0 Å². The molecule has 0 aromatic rings. The van der Waals surface area contributed by atoms with E-state index in [0.717, 1.165) is 13.1 Å². The fourth-order valence-electron chi connectivity index (χ4n) is 1.79. The van der Waals surface area contributed by atoms with Gasteiger partial charge in [0.05, 0.1) is 5.54 Å². The van der Waals surface area contributed by atoms with Gasteiger partial charge in [0.15, 0.2) is 0 Å². The van der Waals surface area contributed by atoms with Crippen LogP contribution in [0.1, 0.15) is 39.5 Å². The third kappa shape index (κ3) is 2.44. The molecule has 3 heteroatoms. The van der Waals surface area contributed by atoms with E-state index >= 15 is 0 Å². The van der Waals surface area contributed by atoms with Gasteiger partial charge in [0, 0.05) is 0 Å². The Balaban J connectivity index is 2.62. The van der Waals surface area contributed by atoms with Crippen LogP contribution in [-0.4, -0.2) is 29.4 Å². The summed E-state index contributed by atoms with van der Waals surface area (Å²) in [5, 5.41) is 0. The van der Waals surface area contributed by atoms with Gasteiger partial charge in [-0.05, 0) is 39.8 Å². The maximum Gasteiger partial charge on any atom is 0.237 e. The molecule has 0 aliphatic carbocycles. The lowest BCUT2D eigenvalue weighted by Crippen LogP contribution is -2.53. The Morgan fingerprint density at radius 3 is 2.00 bits per heavy atom. The summed E-state index contributed by atoms with van der Waals surface area (Å²) in [6, 6.07) is 0. The lowest BCUT2D eigenvalue weighted by Gasteiger charge is -2.34. The Morgan fingerprint density at radius 1 is 1.15 bits per heavy atom. The molecule has 0 spiro atoms. The van der Waals surface area contributed by atoms with Crippen LogP contribution < -0.4 is 5.73 Å². The maximum absolute atomic E-state index is 11.2. The van der Waals surface area contributed by atoms with Gasteiger partial charge in [0.1, 0.15) is 0 Å². The third-order valence-corrected chi connectivity index (χ3v) is 3.00. The lowest BCUT2D eigenvalue weighted by atomic mass is 10.0. The highest BCUT2D eigenvalue weighted by Gasteiger charge is 2.32. The van der Waals surface area contributed by atoms with Crippen molar-refractivity contribution >= 4 is 5.91 Å². The number of carbonyl (C=O) groups excluding carboxylic acids is 1. The predicted molar refractivity (Wildman–Crippen MR) is 53.3 cm³/mol. The molecule has 1 aliphatic heterocycles. The predicted octanol–water partition coefficient (Wildman–Crippen LogP) is 1.13. The van der Waals surface area contributed by atoms with Gasteiger partial charge in [-0.2, -0.15) is 0 Å². The average Bonchev–Trinajstić information content (AvgIpc) is 2.31. The molecule has 0 aromatic carbocycles. The quantitative estimate of drug-likeness (QED) is 0.699. The molecule has 1 rings (SSSR count). The summed E-state index contributed by atoms with van der Waals surface area (Å²) in [6.07, 6.45) is 4.95. The first-order valence-electron chi connectivity index (χ1n) is 5.10. The standard InChI is InChI=1S/C10H20N2O/c1-10(2,9(11)13)12-7-5-3-4-6-8-12/h3-8H2,1-2H3,(H2,11,13). The van der Waals surface area contributed by atoms with Crippen LogP contribution in [0.2, 0.25) is 0 Å². The van der Waals surface area contributed by atoms with Gasteiger partial charge >= 0.3 is 0 Å². The Kier molecular flexibility index (Phi) is 3.31. The molecule has 1 saturated heterocycles. The van der Waals surface area contributed by atoms with E-state index in [9.17, 15) is 4.79 Å². The fraction of sp³-hybridized carbons (Fsp3) is 0.900. The SMILES string of the molecule is CC(C)(C(N)=O)N1CCCCCC1. The molecule has 2 N–H and O–H groups in total. The van der Waals surface area contributed by atoms with Crippen molar-refractivity contribution in [2.45, 2.75) is 45.1 Å². The van der Waals surface area contributed by atoms with E-state index in [1.807, 2.05) is 13.8 Å². The largest absolute Gasteiger partial charge is 0.368 e. The van der Waals surface area contributed by atoms with Crippen LogP contribution in [0.5, 0.6) is 0 Å². The van der Waals surface area contributed by atoms with E-state index < -0.39 is 5.54 Å². The summed E-state index contributed by atoms with van der Waals surface area (Å²) < 4.78 is 0. The molecule has 1 heterocycles. The zero-order valence-electron chi connectivity index (χ0n) is 8.68. The summed E-state index contributed by atoms with van der Waals surface area (Å²) >= 11 is 0. The molecule has 1 fully saturated rings. The molecule has 76 valence electrons. The first kappa shape index (κ1) is 10.5. The van der Waals surface area contributed by atoms with Gasteiger partial charge in [-0.3, -0.25) is 9.69 Å². The zero-order chi connectivity index (χ0) is 9.90. The van der Waals surface area contributed by atoms with E-state index in [0.29, 0.717) is 0 Å². The second-order valence-electron chi connectivity index (χ2n) is 4.32. The molecule has 3 nitrogen and oxygen atoms in total. The number of hydrogen-bond donors (Lipinski definition) is 1. The highest BCUT2D eigenvalue weighted by Crippen LogP contribution is 2.19. The highest BCUT2D eigenvalue weighted by molar-refractivity contribution is 5.83. The number of likely N-dealkylation sites (tertiary alicyclic amines) is 1. The van der Waals surface area contributed by atoms with Gasteiger partial charge in [0.2, 0.25) is 5.91 Å². The first-order chi connectivity index (χ1) is 6.05. The topological polar surface area (TPSA) is 46.3 Å². The number of hydrogen-bond acceptors (Lipinski definition) is 2. The normalized spacial score (nSPS) is 21.1. The van der Waals surface area contributed by atoms with Crippen LogP contribution in [0.4, 0.5) is 0 Å². The van der Waals surface area contributed by atoms with E-state index in [4.69, 9.17) is 5.73 Å². The average molecular weight is 184 g/mol. The summed E-state index contributed by atoms with van der Waals surface area (Å²) in [6.45, 7) is 5.85. The van der Waals surface area contributed by atoms with Crippen molar-refractivity contribution in [3.05, 3.63) is 0 Å². The van der Waals surface area contributed by atoms with Crippen molar-refractivity contribution in [3.63, 3.8) is 0 Å². The van der Waals surface area contributed by atoms with Gasteiger partial charge in [0.25, 0.3) is 0 Å². The third-order valence-electron chi connectivity index (χ3n) is 3.00. The summed E-state index contributed by atoms with van der Waals surface area (Å²) in [4.78, 5) is 13.4. The van der Waals surface area contributed by atoms with E-state index in [1.165, 1.54) is 25.7 Å². The minimum Gasteiger partial charge on any atom is -0.368 e.